The van der Waals surface area contributed by atoms with E-state index in [-0.39, 0.29) is 32.7 Å². The van der Waals surface area contributed by atoms with Gasteiger partial charge in [0.1, 0.15) is 0 Å². The molecule has 155 valence electrons. The summed E-state index contributed by atoms with van der Waals surface area (Å²) in [6.07, 6.45) is 1.84. The van der Waals surface area contributed by atoms with Crippen molar-refractivity contribution in [2.24, 2.45) is 0 Å². The summed E-state index contributed by atoms with van der Waals surface area (Å²) in [4.78, 5) is 6.79. The summed E-state index contributed by atoms with van der Waals surface area (Å²) in [5.41, 5.74) is 4.73. The number of benzene rings is 2. The molecule has 0 atom stereocenters. The minimum atomic E-state index is 0. The number of aryl methyl sites for hydroxylation is 1. The van der Waals surface area contributed by atoms with Gasteiger partial charge in [-0.25, -0.2) is 0 Å². The second kappa shape index (κ2) is 16.4. The Hall–Kier alpha value is -1.42. The molecule has 0 spiro atoms. The third-order valence-electron chi connectivity index (χ3n) is 4.10. The van der Waals surface area contributed by atoms with Crippen molar-refractivity contribution in [1.82, 2.24) is 4.98 Å². The van der Waals surface area contributed by atoms with Gasteiger partial charge in [-0.2, -0.15) is 24.6 Å². The molecule has 0 amide bonds. The van der Waals surface area contributed by atoms with Crippen LogP contribution in [0.25, 0.3) is 16.2 Å². The van der Waals surface area contributed by atoms with Gasteiger partial charge in [-0.15, -0.1) is 24.7 Å². The topological polar surface area (TPSA) is 30.2 Å². The van der Waals surface area contributed by atoms with Gasteiger partial charge in [0.05, 0.1) is 5.52 Å². The van der Waals surface area contributed by atoms with Crippen LogP contribution in [0.1, 0.15) is 38.8 Å². The first-order valence-corrected chi connectivity index (χ1v) is 10.3. The van der Waals surface area contributed by atoms with Crippen LogP contribution in [0.2, 0.25) is 0 Å². The Morgan fingerprint density at radius 3 is 2.14 bits per heavy atom. The quantitative estimate of drug-likeness (QED) is 0.376. The Bertz CT molecular complexity index is 776. The minimum absolute atomic E-state index is 0. The first-order chi connectivity index (χ1) is 13.7. The fraction of sp³-hybridized carbons (Fsp3) is 0.360. The van der Waals surface area contributed by atoms with E-state index >= 15 is 0 Å². The predicted molar refractivity (Wildman–Crippen MR) is 125 cm³/mol. The monoisotopic (exact) mass is 466 g/mol. The normalized spacial score (nSPS) is 12.1. The van der Waals surface area contributed by atoms with Crippen LogP contribution < -0.4 is 4.90 Å². The minimum Gasteiger partial charge on any atom is -0.659 e. The Morgan fingerprint density at radius 1 is 0.897 bits per heavy atom. The maximum Gasteiger partial charge on any atom is 0.0722 e. The molecule has 1 aromatic heterocycles. The molecule has 29 heavy (non-hydrogen) atoms. The molecule has 2 heterocycles. The number of aromatic nitrogens is 1. The standard InChI is InChI=1S/C13H14N3.C8H9.2C2H6.Y/c1-4-12-11(3-2-6-15-12)13(5-1)16-9-7-14-8-10-16;1-7-4-3-5-8(2)6-7;2*1-2;/h1-6H,7-10H2;3-6H,1H2,2H3;2*1-2H3;/q2*-1;;;. The number of pyridine rings is 1. The van der Waals surface area contributed by atoms with Gasteiger partial charge in [0.25, 0.3) is 0 Å². The van der Waals surface area contributed by atoms with Crippen molar-refractivity contribution in [3.8, 4) is 0 Å². The second-order valence-electron chi connectivity index (χ2n) is 5.99. The fourth-order valence-electron chi connectivity index (χ4n) is 2.92. The number of rotatable bonds is 1. The summed E-state index contributed by atoms with van der Waals surface area (Å²) in [5.74, 6) is 0. The maximum atomic E-state index is 4.39. The molecule has 4 heteroatoms. The van der Waals surface area contributed by atoms with Crippen molar-refractivity contribution >= 4 is 16.6 Å². The number of anilines is 1. The summed E-state index contributed by atoms with van der Waals surface area (Å²) >= 11 is 0. The smallest absolute Gasteiger partial charge is 0.0722 e. The van der Waals surface area contributed by atoms with E-state index in [1.54, 1.807) is 0 Å². The summed E-state index contributed by atoms with van der Waals surface area (Å²) in [5, 5.41) is 5.62. The van der Waals surface area contributed by atoms with Crippen LogP contribution in [0.5, 0.6) is 0 Å². The summed E-state index contributed by atoms with van der Waals surface area (Å²) < 4.78 is 0. The first kappa shape index (κ1) is 27.6. The van der Waals surface area contributed by atoms with Crippen LogP contribution in [0.15, 0.2) is 60.8 Å². The van der Waals surface area contributed by atoms with E-state index in [1.807, 2.05) is 52.1 Å². The van der Waals surface area contributed by atoms with E-state index in [0.717, 1.165) is 37.3 Å². The Labute approximate surface area is 203 Å². The molecular weight excluding hydrogens is 431 g/mol. The van der Waals surface area contributed by atoms with Gasteiger partial charge in [0.15, 0.2) is 0 Å². The average Bonchev–Trinajstić information content (AvgIpc) is 2.77. The molecule has 3 aromatic rings. The summed E-state index contributed by atoms with van der Waals surface area (Å²) in [6.45, 7) is 17.8. The molecule has 1 radical (unpaired) electrons. The Balaban J connectivity index is 0.000000515. The molecule has 2 aromatic carbocycles. The van der Waals surface area contributed by atoms with Crippen LogP contribution in [0, 0.1) is 13.8 Å². The first-order valence-electron chi connectivity index (χ1n) is 10.3. The van der Waals surface area contributed by atoms with Crippen molar-refractivity contribution in [2.75, 3.05) is 31.1 Å². The molecular formula is C25H35N3Y-2. The molecule has 0 bridgehead atoms. The van der Waals surface area contributed by atoms with Crippen LogP contribution in [0.4, 0.5) is 5.69 Å². The van der Waals surface area contributed by atoms with Crippen molar-refractivity contribution in [3.05, 3.63) is 84.2 Å². The largest absolute Gasteiger partial charge is 0.659 e. The van der Waals surface area contributed by atoms with Gasteiger partial charge >= 0.3 is 0 Å². The van der Waals surface area contributed by atoms with Crippen molar-refractivity contribution < 1.29 is 32.7 Å². The zero-order valence-corrected chi connectivity index (χ0v) is 21.6. The van der Waals surface area contributed by atoms with Crippen LogP contribution in [-0.2, 0) is 32.7 Å². The molecule has 1 fully saturated rings. The van der Waals surface area contributed by atoms with E-state index < -0.39 is 0 Å². The average molecular weight is 466 g/mol. The van der Waals surface area contributed by atoms with Crippen LogP contribution in [0.3, 0.4) is 0 Å². The maximum absolute atomic E-state index is 4.39. The molecule has 0 aliphatic carbocycles. The Kier molecular flexibility index (Phi) is 15.6. The van der Waals surface area contributed by atoms with Crippen molar-refractivity contribution in [1.29, 1.82) is 0 Å². The molecule has 0 N–H and O–H groups in total. The molecule has 1 aliphatic heterocycles. The third kappa shape index (κ3) is 9.29. The molecule has 1 saturated heterocycles. The number of nitrogens with zero attached hydrogens (tertiary/aromatic N) is 3. The number of hydrogen-bond acceptors (Lipinski definition) is 2. The van der Waals surface area contributed by atoms with Crippen molar-refractivity contribution in [3.63, 3.8) is 0 Å². The Morgan fingerprint density at radius 2 is 1.55 bits per heavy atom. The van der Waals surface area contributed by atoms with E-state index in [1.165, 1.54) is 16.6 Å². The van der Waals surface area contributed by atoms with E-state index in [0.29, 0.717) is 0 Å². The van der Waals surface area contributed by atoms with Gasteiger partial charge in [0.2, 0.25) is 0 Å². The SMILES string of the molecule is CC.CC.[CH2-]c1cccc(C)c1.[Y].c1cc(N2CC[N-]CC2)c2cccnc2c1. The zero-order chi connectivity index (χ0) is 20.8. The molecule has 1 aliphatic rings. The summed E-state index contributed by atoms with van der Waals surface area (Å²) in [7, 11) is 0. The van der Waals surface area contributed by atoms with Crippen molar-refractivity contribution in [2.45, 2.75) is 34.6 Å². The number of fused-ring (bicyclic) bond motifs is 1. The van der Waals surface area contributed by atoms with E-state index in [2.05, 4.69) is 65.4 Å². The third-order valence-corrected chi connectivity index (χ3v) is 4.10. The summed E-state index contributed by atoms with van der Waals surface area (Å²) in [6, 6.07) is 18.6. The second-order valence-corrected chi connectivity index (χ2v) is 5.99. The predicted octanol–water partition coefficient (Wildman–Crippen LogP) is 6.66. The van der Waals surface area contributed by atoms with Crippen LogP contribution in [-0.4, -0.2) is 31.2 Å². The molecule has 3 nitrogen and oxygen atoms in total. The molecule has 0 unspecified atom stereocenters. The fourth-order valence-corrected chi connectivity index (χ4v) is 2.92. The number of piperazine rings is 1. The van der Waals surface area contributed by atoms with Gasteiger partial charge < -0.3 is 10.2 Å². The van der Waals surface area contributed by atoms with Gasteiger partial charge in [0, 0.05) is 50.0 Å². The zero-order valence-electron chi connectivity index (χ0n) is 18.7. The molecule has 4 rings (SSSR count). The number of hydrogen-bond donors (Lipinski definition) is 0. The van der Waals surface area contributed by atoms with Gasteiger partial charge in [-0.1, -0.05) is 46.8 Å². The van der Waals surface area contributed by atoms with Gasteiger partial charge in [-0.3, -0.25) is 4.98 Å². The van der Waals surface area contributed by atoms with E-state index in [4.69, 9.17) is 0 Å². The van der Waals surface area contributed by atoms with Crippen LogP contribution >= 0.6 is 0 Å². The molecule has 0 saturated carbocycles. The van der Waals surface area contributed by atoms with E-state index in [9.17, 15) is 0 Å². The van der Waals surface area contributed by atoms with Gasteiger partial charge in [-0.05, 0) is 37.4 Å².